The van der Waals surface area contributed by atoms with Crippen molar-refractivity contribution in [1.82, 2.24) is 4.90 Å². The van der Waals surface area contributed by atoms with E-state index in [2.05, 4.69) is 11.8 Å². The number of aliphatic hydroxyl groups excluding tert-OH is 1. The number of aryl methyl sites for hydroxylation is 1. The highest BCUT2D eigenvalue weighted by Crippen LogP contribution is 2.26. The van der Waals surface area contributed by atoms with Gasteiger partial charge < -0.3 is 14.6 Å². The summed E-state index contributed by atoms with van der Waals surface area (Å²) in [5.74, 6) is 0.587. The lowest BCUT2D eigenvalue weighted by Crippen LogP contribution is -2.34. The second kappa shape index (κ2) is 5.12. The molecule has 0 aromatic carbocycles. The summed E-state index contributed by atoms with van der Waals surface area (Å²) in [5.41, 5.74) is 0.220. The van der Waals surface area contributed by atoms with Crippen LogP contribution in [0.25, 0.3) is 0 Å². The van der Waals surface area contributed by atoms with Crippen molar-refractivity contribution >= 4 is 5.97 Å². The molecule has 1 saturated heterocycles. The normalized spacial score (nSPS) is 24.6. The molecule has 0 radical (unpaired) electrons. The van der Waals surface area contributed by atoms with Crippen LogP contribution in [0.5, 0.6) is 0 Å². The van der Waals surface area contributed by atoms with Crippen LogP contribution in [0.15, 0.2) is 10.5 Å². The van der Waals surface area contributed by atoms with Crippen LogP contribution in [-0.2, 0) is 6.54 Å². The van der Waals surface area contributed by atoms with Gasteiger partial charge in [-0.1, -0.05) is 6.92 Å². The maximum absolute atomic E-state index is 10.9. The van der Waals surface area contributed by atoms with Gasteiger partial charge in [-0.05, 0) is 31.9 Å². The fraction of sp³-hybridized carbons (Fsp3) is 0.615. The smallest absolute Gasteiger partial charge is 0.339 e. The Bertz CT molecular complexity index is 440. The van der Waals surface area contributed by atoms with Crippen molar-refractivity contribution in [2.45, 2.75) is 32.9 Å². The molecule has 2 heterocycles. The van der Waals surface area contributed by atoms with E-state index in [1.807, 2.05) is 0 Å². The highest BCUT2D eigenvalue weighted by Gasteiger charge is 2.31. The van der Waals surface area contributed by atoms with Gasteiger partial charge >= 0.3 is 5.97 Å². The molecule has 0 amide bonds. The first kappa shape index (κ1) is 13.1. The van der Waals surface area contributed by atoms with Gasteiger partial charge in [0.2, 0.25) is 0 Å². The van der Waals surface area contributed by atoms with Crippen molar-refractivity contribution in [1.29, 1.82) is 0 Å². The van der Waals surface area contributed by atoms with Gasteiger partial charge in [-0.2, -0.15) is 0 Å². The summed E-state index contributed by atoms with van der Waals surface area (Å²) >= 11 is 0. The van der Waals surface area contributed by atoms with Crippen LogP contribution in [0.3, 0.4) is 0 Å². The molecule has 18 heavy (non-hydrogen) atoms. The number of hydrogen-bond acceptors (Lipinski definition) is 4. The Kier molecular flexibility index (Phi) is 3.73. The number of furan rings is 1. The van der Waals surface area contributed by atoms with Gasteiger partial charge in [-0.15, -0.1) is 0 Å². The largest absolute Gasteiger partial charge is 0.478 e. The van der Waals surface area contributed by atoms with Gasteiger partial charge in [0.05, 0.1) is 13.2 Å². The third-order valence-corrected chi connectivity index (χ3v) is 3.74. The van der Waals surface area contributed by atoms with Gasteiger partial charge in [0, 0.05) is 6.04 Å². The topological polar surface area (TPSA) is 73.9 Å². The molecular formula is C13H19NO4. The van der Waals surface area contributed by atoms with E-state index in [0.29, 0.717) is 24.0 Å². The first-order chi connectivity index (χ1) is 8.52. The third kappa shape index (κ3) is 2.42. The molecule has 100 valence electrons. The fourth-order valence-corrected chi connectivity index (χ4v) is 2.61. The van der Waals surface area contributed by atoms with Gasteiger partial charge in [-0.3, -0.25) is 4.90 Å². The van der Waals surface area contributed by atoms with Crippen LogP contribution >= 0.6 is 0 Å². The molecule has 1 aromatic heterocycles. The minimum atomic E-state index is -0.962. The standard InChI is InChI=1S/C13H19NO4/c1-8-3-4-14(12(8)7-15)6-10-5-11(13(16)17)9(2)18-10/h5,8,12,15H,3-4,6-7H2,1-2H3,(H,16,17). The average Bonchev–Trinajstić information content (AvgIpc) is 2.83. The summed E-state index contributed by atoms with van der Waals surface area (Å²) in [7, 11) is 0. The molecule has 2 unspecified atom stereocenters. The van der Waals surface area contributed by atoms with Gasteiger partial charge in [-0.25, -0.2) is 4.79 Å². The van der Waals surface area contributed by atoms with E-state index in [0.717, 1.165) is 13.0 Å². The number of hydrogen-bond donors (Lipinski definition) is 2. The predicted octanol–water partition coefficient (Wildman–Crippen LogP) is 1.49. The van der Waals surface area contributed by atoms with E-state index in [1.165, 1.54) is 0 Å². The third-order valence-electron chi connectivity index (χ3n) is 3.74. The number of carbonyl (C=O) groups is 1. The van der Waals surface area contributed by atoms with E-state index < -0.39 is 5.97 Å². The lowest BCUT2D eigenvalue weighted by Gasteiger charge is -2.23. The summed E-state index contributed by atoms with van der Waals surface area (Å²) in [6.07, 6.45) is 1.05. The maximum Gasteiger partial charge on any atom is 0.339 e. The number of rotatable bonds is 4. The van der Waals surface area contributed by atoms with Gasteiger partial charge in [0.15, 0.2) is 0 Å². The lowest BCUT2D eigenvalue weighted by atomic mass is 10.0. The summed E-state index contributed by atoms with van der Waals surface area (Å²) < 4.78 is 5.46. The zero-order valence-corrected chi connectivity index (χ0v) is 10.7. The van der Waals surface area contributed by atoms with Crippen molar-refractivity contribution in [3.8, 4) is 0 Å². The predicted molar refractivity (Wildman–Crippen MR) is 65.5 cm³/mol. The van der Waals surface area contributed by atoms with Crippen molar-refractivity contribution in [2.24, 2.45) is 5.92 Å². The van der Waals surface area contributed by atoms with Crippen molar-refractivity contribution in [2.75, 3.05) is 13.2 Å². The minimum Gasteiger partial charge on any atom is -0.478 e. The molecule has 1 aliphatic heterocycles. The molecule has 5 heteroatoms. The Labute approximate surface area is 106 Å². The van der Waals surface area contributed by atoms with E-state index in [9.17, 15) is 9.90 Å². The molecule has 5 nitrogen and oxygen atoms in total. The number of aliphatic hydroxyl groups is 1. The molecule has 0 spiro atoms. The van der Waals surface area contributed by atoms with Crippen LogP contribution in [0.2, 0.25) is 0 Å². The Hall–Kier alpha value is -1.33. The zero-order valence-electron chi connectivity index (χ0n) is 10.7. The molecule has 1 aliphatic rings. The molecule has 2 rings (SSSR count). The first-order valence-electron chi connectivity index (χ1n) is 6.20. The van der Waals surface area contributed by atoms with Crippen molar-refractivity contribution in [3.63, 3.8) is 0 Å². The molecule has 0 bridgehead atoms. The molecular weight excluding hydrogens is 234 g/mol. The summed E-state index contributed by atoms with van der Waals surface area (Å²) in [4.78, 5) is 13.1. The number of carboxylic acids is 1. The maximum atomic E-state index is 10.9. The Morgan fingerprint density at radius 2 is 2.33 bits per heavy atom. The van der Waals surface area contributed by atoms with Crippen LogP contribution in [0, 0.1) is 12.8 Å². The highest BCUT2D eigenvalue weighted by molar-refractivity contribution is 5.88. The van der Waals surface area contributed by atoms with Crippen LogP contribution in [-0.4, -0.2) is 40.3 Å². The van der Waals surface area contributed by atoms with Crippen LogP contribution < -0.4 is 0 Å². The second-order valence-electron chi connectivity index (χ2n) is 4.97. The molecule has 0 saturated carbocycles. The summed E-state index contributed by atoms with van der Waals surface area (Å²) in [6, 6.07) is 1.72. The van der Waals surface area contributed by atoms with E-state index in [-0.39, 0.29) is 18.2 Å². The Balaban J connectivity index is 2.10. The van der Waals surface area contributed by atoms with E-state index in [4.69, 9.17) is 9.52 Å². The minimum absolute atomic E-state index is 0.132. The fourth-order valence-electron chi connectivity index (χ4n) is 2.61. The van der Waals surface area contributed by atoms with Crippen LogP contribution in [0.4, 0.5) is 0 Å². The molecule has 2 atom stereocenters. The Morgan fingerprint density at radius 3 is 2.89 bits per heavy atom. The first-order valence-corrected chi connectivity index (χ1v) is 6.20. The molecule has 2 N–H and O–H groups in total. The lowest BCUT2D eigenvalue weighted by molar-refractivity contribution is 0.0695. The van der Waals surface area contributed by atoms with Gasteiger partial charge in [0.25, 0.3) is 0 Å². The summed E-state index contributed by atoms with van der Waals surface area (Å²) in [5, 5.41) is 18.3. The monoisotopic (exact) mass is 253 g/mol. The summed E-state index contributed by atoms with van der Waals surface area (Å²) in [6.45, 7) is 5.38. The SMILES string of the molecule is Cc1oc(CN2CCC(C)C2CO)cc1C(=O)O. The van der Waals surface area contributed by atoms with E-state index >= 15 is 0 Å². The van der Waals surface area contributed by atoms with Crippen LogP contribution in [0.1, 0.15) is 35.2 Å². The zero-order chi connectivity index (χ0) is 13.3. The van der Waals surface area contributed by atoms with Crippen molar-refractivity contribution in [3.05, 3.63) is 23.2 Å². The number of aromatic carboxylic acids is 1. The van der Waals surface area contributed by atoms with E-state index in [1.54, 1.807) is 13.0 Å². The number of nitrogens with zero attached hydrogens (tertiary/aromatic N) is 1. The molecule has 0 aliphatic carbocycles. The molecule has 1 aromatic rings. The highest BCUT2D eigenvalue weighted by atomic mass is 16.4. The quantitative estimate of drug-likeness (QED) is 0.850. The number of likely N-dealkylation sites (tertiary alicyclic amines) is 1. The molecule has 1 fully saturated rings. The number of carboxylic acid groups (broad SMARTS) is 1. The van der Waals surface area contributed by atoms with Crippen molar-refractivity contribution < 1.29 is 19.4 Å². The second-order valence-corrected chi connectivity index (χ2v) is 4.97. The average molecular weight is 253 g/mol. The Morgan fingerprint density at radius 1 is 1.61 bits per heavy atom. The van der Waals surface area contributed by atoms with Gasteiger partial charge in [0.1, 0.15) is 17.1 Å².